The third-order valence-electron chi connectivity index (χ3n) is 0.218. The monoisotopic (exact) mass is 236 g/mol. The van der Waals surface area contributed by atoms with E-state index < -0.39 is 6.93 Å². The Morgan fingerprint density at radius 3 is 1.67 bits per heavy atom. The Labute approximate surface area is 64.8 Å². The molecule has 0 heterocycles. The molecule has 0 nitrogen and oxygen atoms in total. The van der Waals surface area contributed by atoms with Crippen LogP contribution in [0.25, 0.3) is 0 Å². The fourth-order valence-electron chi connectivity index (χ4n) is 0. The van der Waals surface area contributed by atoms with Crippen LogP contribution in [0.2, 0.25) is 0 Å². The largest absolute Gasteiger partial charge is 0.214 e. The van der Waals surface area contributed by atoms with Gasteiger partial charge in [-0.25, -0.2) is 0 Å². The van der Waals surface area contributed by atoms with Gasteiger partial charge in [-0.3, -0.25) is 0 Å². The Balaban J connectivity index is 0. The molecule has 0 saturated carbocycles. The van der Waals surface area contributed by atoms with Crippen LogP contribution in [0.15, 0.2) is 0 Å². The predicted octanol–water partition coefficient (Wildman–Crippen LogP) is -2.29. The summed E-state index contributed by atoms with van der Waals surface area (Å²) in [5, 5.41) is 0. The summed E-state index contributed by atoms with van der Waals surface area (Å²) in [7, 11) is 2.02. The van der Waals surface area contributed by atoms with E-state index in [1.54, 1.807) is 0 Å². The SMILES string of the molecule is [GeH3].[SiH2][SiH2][SiH](Cl)Cl. The van der Waals surface area contributed by atoms with Crippen LogP contribution < -0.4 is 0 Å². The van der Waals surface area contributed by atoms with Gasteiger partial charge < -0.3 is 0 Å². The summed E-state index contributed by atoms with van der Waals surface area (Å²) >= 11 is 10.9. The Bertz CT molecular complexity index is 22.8. The van der Waals surface area contributed by atoms with Crippen LogP contribution in [-0.2, 0) is 0 Å². The van der Waals surface area contributed by atoms with E-state index >= 15 is 0 Å². The van der Waals surface area contributed by atoms with E-state index in [1.807, 2.05) is 9.76 Å². The van der Waals surface area contributed by atoms with Crippen LogP contribution in [0.5, 0.6) is 0 Å². The topological polar surface area (TPSA) is 0 Å². The van der Waals surface area contributed by atoms with Crippen molar-refractivity contribution in [2.24, 2.45) is 0 Å². The van der Waals surface area contributed by atoms with Gasteiger partial charge in [0.15, 0.2) is 0 Å². The predicted molar refractivity (Wildman–Crippen MR) is 45.9 cm³/mol. The van der Waals surface area contributed by atoms with E-state index in [0.717, 1.165) is 0 Å². The molecule has 0 aliphatic heterocycles. The van der Waals surface area contributed by atoms with Crippen LogP contribution in [-0.4, -0.2) is 42.8 Å². The molecule has 6 heavy (non-hydrogen) atoms. The van der Waals surface area contributed by atoms with Gasteiger partial charge in [-0.2, -0.15) is 22.2 Å². The minimum atomic E-state index is -1.05. The van der Waals surface area contributed by atoms with Crippen molar-refractivity contribution in [2.75, 3.05) is 0 Å². The molecule has 0 aromatic rings. The van der Waals surface area contributed by atoms with Crippen molar-refractivity contribution in [1.29, 1.82) is 0 Å². The summed E-state index contributed by atoms with van der Waals surface area (Å²) in [4.78, 5) is 0. The zero-order valence-electron chi connectivity index (χ0n) is 3.75. The van der Waals surface area contributed by atoms with E-state index in [1.165, 1.54) is 0 Å². The van der Waals surface area contributed by atoms with Gasteiger partial charge >= 0.3 is 17.6 Å². The molecule has 0 fully saturated rings. The Morgan fingerprint density at radius 1 is 1.50 bits per heavy atom. The van der Waals surface area contributed by atoms with E-state index in [0.29, 0.717) is 0 Å². The molecule has 0 aliphatic rings. The first-order valence-electron chi connectivity index (χ1n) is 1.34. The summed E-state index contributed by atoms with van der Waals surface area (Å²) in [5.74, 6) is 0. The molecule has 2 radical (unpaired) electrons. The van der Waals surface area contributed by atoms with Gasteiger partial charge in [0.05, 0.1) is 0 Å². The van der Waals surface area contributed by atoms with Crippen LogP contribution in [0.4, 0.5) is 0 Å². The van der Waals surface area contributed by atoms with Gasteiger partial charge in [-0.1, -0.05) is 0 Å². The number of hydrogen-bond acceptors (Lipinski definition) is 0. The summed E-state index contributed by atoms with van der Waals surface area (Å²) in [5.41, 5.74) is 0. The first-order valence-corrected chi connectivity index (χ1v) is 12.1. The summed E-state index contributed by atoms with van der Waals surface area (Å²) < 4.78 is 0. The molecule has 0 unspecified atom stereocenters. The Hall–Kier alpha value is 1.77. The van der Waals surface area contributed by atoms with Crippen molar-refractivity contribution in [2.45, 2.75) is 0 Å². The summed E-state index contributed by atoms with van der Waals surface area (Å²) in [6, 6.07) is 0. The maximum atomic E-state index is 5.44. The van der Waals surface area contributed by atoms with Crippen molar-refractivity contribution in [3.63, 3.8) is 0 Å². The molecule has 0 aliphatic carbocycles. The van der Waals surface area contributed by atoms with Crippen LogP contribution in [0.1, 0.15) is 0 Å². The molecule has 0 rings (SSSR count). The van der Waals surface area contributed by atoms with Crippen LogP contribution in [0.3, 0.4) is 0 Å². The van der Waals surface area contributed by atoms with Crippen LogP contribution in [0, 0.1) is 0 Å². The third kappa shape index (κ3) is 9.24. The van der Waals surface area contributed by atoms with E-state index in [4.69, 9.17) is 22.2 Å². The molecule has 0 saturated heterocycles. The zero-order valence-corrected chi connectivity index (χ0v) is 13.4. The molecular weight excluding hydrogens is 228 g/mol. The van der Waals surface area contributed by atoms with Gasteiger partial charge in [0.25, 0.3) is 0 Å². The molecule has 0 atom stereocenters. The normalized spacial score (nSPS) is 10.0. The average molecular weight is 236 g/mol. The van der Waals surface area contributed by atoms with Crippen molar-refractivity contribution in [3.8, 4) is 0 Å². The number of hydrogen-bond donors (Lipinski definition) is 0. The maximum absolute atomic E-state index is 5.44. The van der Waals surface area contributed by atoms with Crippen LogP contribution >= 0.6 is 22.2 Å². The van der Waals surface area contributed by atoms with Crippen molar-refractivity contribution < 1.29 is 0 Å². The minimum absolute atomic E-state index is 0. The zero-order chi connectivity index (χ0) is 4.28. The Kier molecular flexibility index (Phi) is 12.1. The standard InChI is InChI=1S/Cl2H5Si3.GeH3/c1-5(2)4-3;/h5H,3-4H2;1H3. The first-order chi connectivity index (χ1) is 2.27. The molecule has 0 aromatic carbocycles. The van der Waals surface area contributed by atoms with Gasteiger partial charge in [0.1, 0.15) is 0 Å². The maximum Gasteiger partial charge on any atom is 0.214 e. The Morgan fingerprint density at radius 2 is 1.67 bits per heavy atom. The smallest absolute Gasteiger partial charge is 0.155 e. The average Bonchev–Trinajstić information content (AvgIpc) is 1.38. The number of rotatable bonds is 1. The second-order valence-electron chi connectivity index (χ2n) is 0.680. The molecule has 0 bridgehead atoms. The van der Waals surface area contributed by atoms with Crippen molar-refractivity contribution in [3.05, 3.63) is 0 Å². The summed E-state index contributed by atoms with van der Waals surface area (Å²) in [6.07, 6.45) is 0. The molecule has 0 aromatic heterocycles. The van der Waals surface area contributed by atoms with Crippen molar-refractivity contribution >= 4 is 65.0 Å². The van der Waals surface area contributed by atoms with E-state index in [9.17, 15) is 0 Å². The quantitative estimate of drug-likeness (QED) is 0.355. The van der Waals surface area contributed by atoms with Gasteiger partial charge in [-0.05, 0) is 9.76 Å². The second-order valence-corrected chi connectivity index (χ2v) is 18.4. The molecule has 38 valence electrons. The van der Waals surface area contributed by atoms with Crippen molar-refractivity contribution in [1.82, 2.24) is 0 Å². The van der Waals surface area contributed by atoms with Gasteiger partial charge in [0, 0.05) is 8.55 Å². The third-order valence-corrected chi connectivity index (χ3v) is 17.7. The molecular formula is H8Cl2GeSi3. The fourth-order valence-corrected chi connectivity index (χ4v) is 0. The first kappa shape index (κ1) is 10.7. The minimum Gasteiger partial charge on any atom is -0.155 e. The van der Waals surface area contributed by atoms with Gasteiger partial charge in [-0.15, -0.1) is 0 Å². The number of halogens is 2. The molecule has 0 spiro atoms. The van der Waals surface area contributed by atoms with Gasteiger partial charge in [0.2, 0.25) is 6.93 Å². The van der Waals surface area contributed by atoms with E-state index in [-0.39, 0.29) is 26.2 Å². The molecule has 0 amide bonds. The van der Waals surface area contributed by atoms with E-state index in [2.05, 4.69) is 0 Å². The summed E-state index contributed by atoms with van der Waals surface area (Å²) in [6.45, 7) is -1.05. The second kappa shape index (κ2) is 6.77. The molecule has 6 heteroatoms. The fraction of sp³-hybridized carbons (Fsp3) is 0. The molecule has 0 N–H and O–H groups in total.